The molecule has 5 rings (SSSR count). The lowest BCUT2D eigenvalue weighted by atomic mass is 9.95. The lowest BCUT2D eigenvalue weighted by molar-refractivity contribution is -0.136. The first-order chi connectivity index (χ1) is 20.4. The molecule has 7 heteroatoms. The average molecular weight is 562 g/mol. The highest BCUT2D eigenvalue weighted by molar-refractivity contribution is 5.95. The predicted molar refractivity (Wildman–Crippen MR) is 169 cm³/mol. The number of hydrogen-bond donors (Lipinski definition) is 2. The lowest BCUT2D eigenvalue weighted by Crippen LogP contribution is -2.62. The van der Waals surface area contributed by atoms with Gasteiger partial charge >= 0.3 is 0 Å². The number of benzene rings is 4. The quantitative estimate of drug-likeness (QED) is 0.175. The first-order valence-electron chi connectivity index (χ1n) is 14.6. The van der Waals surface area contributed by atoms with Crippen molar-refractivity contribution in [2.45, 2.75) is 44.7 Å². The van der Waals surface area contributed by atoms with E-state index in [0.29, 0.717) is 50.9 Å². The number of aliphatic imine (C=N–C) groups is 1. The summed E-state index contributed by atoms with van der Waals surface area (Å²) in [6, 6.07) is 32.0. The van der Waals surface area contributed by atoms with Gasteiger partial charge in [0.05, 0.1) is 12.5 Å². The van der Waals surface area contributed by atoms with E-state index < -0.39 is 0 Å². The van der Waals surface area contributed by atoms with E-state index >= 15 is 0 Å². The minimum Gasteiger partial charge on any atom is -0.370 e. The van der Waals surface area contributed by atoms with Crippen LogP contribution in [0.1, 0.15) is 39.9 Å². The molecule has 0 aromatic heterocycles. The number of guanidine groups is 1. The molecule has 1 aliphatic heterocycles. The van der Waals surface area contributed by atoms with Crippen molar-refractivity contribution in [2.24, 2.45) is 16.5 Å². The smallest absolute Gasteiger partial charge is 0.254 e. The summed E-state index contributed by atoms with van der Waals surface area (Å²) in [5.74, 6) is 0.120. The Kier molecular flexibility index (Phi) is 9.17. The molecule has 1 heterocycles. The van der Waals surface area contributed by atoms with Crippen LogP contribution in [0.15, 0.2) is 102 Å². The van der Waals surface area contributed by atoms with Gasteiger partial charge in [-0.05, 0) is 60.2 Å². The van der Waals surface area contributed by atoms with Crippen molar-refractivity contribution in [1.82, 2.24) is 9.80 Å². The predicted octanol–water partition coefficient (Wildman–Crippen LogP) is 4.71. The molecule has 1 saturated heterocycles. The van der Waals surface area contributed by atoms with Crippen LogP contribution >= 0.6 is 0 Å². The van der Waals surface area contributed by atoms with Crippen molar-refractivity contribution in [3.63, 3.8) is 0 Å². The van der Waals surface area contributed by atoms with Crippen molar-refractivity contribution < 1.29 is 9.59 Å². The maximum absolute atomic E-state index is 14.0. The van der Waals surface area contributed by atoms with Crippen molar-refractivity contribution in [2.75, 3.05) is 19.6 Å². The number of carbonyl (C=O) groups is 2. The number of hydrogen-bond acceptors (Lipinski definition) is 3. The van der Waals surface area contributed by atoms with Crippen LogP contribution in [0.5, 0.6) is 0 Å². The zero-order chi connectivity index (χ0) is 29.5. The molecule has 42 heavy (non-hydrogen) atoms. The molecule has 0 aliphatic carbocycles. The largest absolute Gasteiger partial charge is 0.370 e. The van der Waals surface area contributed by atoms with Gasteiger partial charge in [-0.1, -0.05) is 90.5 Å². The van der Waals surface area contributed by atoms with Crippen LogP contribution in [0.3, 0.4) is 0 Å². The highest BCUT2D eigenvalue weighted by Crippen LogP contribution is 2.26. The van der Waals surface area contributed by atoms with Gasteiger partial charge in [0.1, 0.15) is 0 Å². The number of aryl methyl sites for hydroxylation is 1. The Balaban J connectivity index is 1.44. The van der Waals surface area contributed by atoms with Crippen LogP contribution in [0.4, 0.5) is 0 Å². The third kappa shape index (κ3) is 7.16. The van der Waals surface area contributed by atoms with Crippen LogP contribution in [0.25, 0.3) is 10.8 Å². The fraction of sp³-hybridized carbons (Fsp3) is 0.286. The second kappa shape index (κ2) is 13.3. The molecule has 1 unspecified atom stereocenters. The second-order valence-electron chi connectivity index (χ2n) is 11.2. The highest BCUT2D eigenvalue weighted by Gasteiger charge is 2.38. The van der Waals surface area contributed by atoms with Gasteiger partial charge in [-0.2, -0.15) is 0 Å². The van der Waals surface area contributed by atoms with Crippen molar-refractivity contribution >= 4 is 28.5 Å². The minimum atomic E-state index is -0.153. The Bertz CT molecular complexity index is 1560. The van der Waals surface area contributed by atoms with Crippen LogP contribution in [-0.4, -0.2) is 59.3 Å². The molecule has 2 amide bonds. The second-order valence-corrected chi connectivity index (χ2v) is 11.2. The molecule has 7 nitrogen and oxygen atoms in total. The van der Waals surface area contributed by atoms with E-state index in [1.54, 1.807) is 0 Å². The fourth-order valence-electron chi connectivity index (χ4n) is 5.92. The number of nitrogens with zero attached hydrogens (tertiary/aromatic N) is 3. The van der Waals surface area contributed by atoms with E-state index in [4.69, 9.17) is 11.5 Å². The van der Waals surface area contributed by atoms with Crippen molar-refractivity contribution in [1.29, 1.82) is 0 Å². The van der Waals surface area contributed by atoms with E-state index in [1.165, 1.54) is 0 Å². The average Bonchev–Trinajstić information content (AvgIpc) is 2.99. The molecule has 216 valence electrons. The standard InChI is InChI=1S/C35H39N5O2/c1-25-9-7-14-30(19-25)34(42)40-24-32(21-26-10-3-2-4-11-26)39(23-31(40)15-8-18-38-35(36)37)33(41)22-27-16-17-28-12-5-6-13-29(28)20-27/h2-7,9-14,16-17,19-20,31-32H,8,15,18,21-24H2,1H3,(H4,36,37,38)/t31?,32-/m1/s1. The number of amides is 2. The Hall–Kier alpha value is -4.65. The van der Waals surface area contributed by atoms with Gasteiger partial charge in [0.15, 0.2) is 5.96 Å². The fourth-order valence-corrected chi connectivity index (χ4v) is 5.92. The van der Waals surface area contributed by atoms with Crippen molar-refractivity contribution in [3.05, 3.63) is 119 Å². The molecule has 1 aliphatic rings. The van der Waals surface area contributed by atoms with Crippen LogP contribution < -0.4 is 11.5 Å². The van der Waals surface area contributed by atoms with E-state index in [1.807, 2.05) is 77.4 Å². The highest BCUT2D eigenvalue weighted by atomic mass is 16.2. The maximum Gasteiger partial charge on any atom is 0.254 e. The first-order valence-corrected chi connectivity index (χ1v) is 14.6. The SMILES string of the molecule is Cc1cccc(C(=O)N2C[C@@H](Cc3ccccc3)N(C(=O)Cc3ccc4ccccc4c3)CC2CCCN=C(N)N)c1. The Labute approximate surface area is 247 Å². The first kappa shape index (κ1) is 28.9. The molecule has 1 fully saturated rings. The summed E-state index contributed by atoms with van der Waals surface area (Å²) in [5, 5.41) is 2.27. The lowest BCUT2D eigenvalue weighted by Gasteiger charge is -2.47. The molecular weight excluding hydrogens is 522 g/mol. The van der Waals surface area contributed by atoms with Gasteiger partial charge < -0.3 is 21.3 Å². The maximum atomic E-state index is 14.0. The van der Waals surface area contributed by atoms with Gasteiger partial charge in [0.25, 0.3) is 5.91 Å². The Morgan fingerprint density at radius 3 is 2.29 bits per heavy atom. The van der Waals surface area contributed by atoms with Crippen LogP contribution in [0, 0.1) is 6.92 Å². The minimum absolute atomic E-state index is 0.00905. The van der Waals surface area contributed by atoms with E-state index in [-0.39, 0.29) is 29.9 Å². The number of carbonyl (C=O) groups excluding carboxylic acids is 2. The summed E-state index contributed by atoms with van der Waals surface area (Å²) in [6.45, 7) is 3.39. The molecule has 4 N–H and O–H groups in total. The van der Waals surface area contributed by atoms with Gasteiger partial charge in [-0.25, -0.2) is 0 Å². The zero-order valence-corrected chi connectivity index (χ0v) is 24.2. The molecule has 4 aromatic rings. The van der Waals surface area contributed by atoms with Gasteiger partial charge in [-0.3, -0.25) is 14.6 Å². The summed E-state index contributed by atoms with van der Waals surface area (Å²) < 4.78 is 0. The number of piperazine rings is 1. The molecular formula is C35H39N5O2. The third-order valence-corrected chi connectivity index (χ3v) is 8.02. The van der Waals surface area contributed by atoms with Crippen LogP contribution in [0.2, 0.25) is 0 Å². The molecule has 0 spiro atoms. The normalized spacial score (nSPS) is 16.8. The van der Waals surface area contributed by atoms with Gasteiger partial charge in [0.2, 0.25) is 5.91 Å². The summed E-state index contributed by atoms with van der Waals surface area (Å²) in [5.41, 5.74) is 14.9. The van der Waals surface area contributed by atoms with E-state index in [2.05, 4.69) is 41.4 Å². The molecule has 0 radical (unpaired) electrons. The third-order valence-electron chi connectivity index (χ3n) is 8.02. The van der Waals surface area contributed by atoms with E-state index in [0.717, 1.165) is 27.5 Å². The summed E-state index contributed by atoms with van der Waals surface area (Å²) >= 11 is 0. The van der Waals surface area contributed by atoms with Crippen molar-refractivity contribution in [3.8, 4) is 0 Å². The molecule has 4 aromatic carbocycles. The Morgan fingerprint density at radius 1 is 0.786 bits per heavy atom. The van der Waals surface area contributed by atoms with Crippen LogP contribution in [-0.2, 0) is 17.6 Å². The monoisotopic (exact) mass is 561 g/mol. The van der Waals surface area contributed by atoms with E-state index in [9.17, 15) is 9.59 Å². The number of nitrogens with two attached hydrogens (primary N) is 2. The van der Waals surface area contributed by atoms with Gasteiger partial charge in [-0.15, -0.1) is 0 Å². The summed E-state index contributed by atoms with van der Waals surface area (Å²) in [7, 11) is 0. The molecule has 0 bridgehead atoms. The molecule has 2 atom stereocenters. The zero-order valence-electron chi connectivity index (χ0n) is 24.2. The number of fused-ring (bicyclic) bond motifs is 1. The topological polar surface area (TPSA) is 105 Å². The Morgan fingerprint density at radius 2 is 1.52 bits per heavy atom. The summed E-state index contributed by atoms with van der Waals surface area (Å²) in [6.07, 6.45) is 2.37. The summed E-state index contributed by atoms with van der Waals surface area (Å²) in [4.78, 5) is 36.1. The molecule has 0 saturated carbocycles. The number of rotatable bonds is 9. The van der Waals surface area contributed by atoms with Gasteiger partial charge in [0, 0.05) is 31.2 Å².